The van der Waals surface area contributed by atoms with Gasteiger partial charge < -0.3 is 9.47 Å². The first-order valence-corrected chi connectivity index (χ1v) is 6.31. The molecule has 21 heavy (non-hydrogen) atoms. The molecule has 7 heteroatoms. The summed E-state index contributed by atoms with van der Waals surface area (Å²) in [5.41, 5.74) is 0.412. The van der Waals surface area contributed by atoms with E-state index in [1.165, 1.54) is 12.1 Å². The van der Waals surface area contributed by atoms with Gasteiger partial charge in [-0.25, -0.2) is 4.39 Å². The van der Waals surface area contributed by atoms with Crippen LogP contribution in [0.25, 0.3) is 0 Å². The average Bonchev–Trinajstić information content (AvgIpc) is 2.45. The van der Waals surface area contributed by atoms with Crippen LogP contribution >= 0.6 is 0 Å². The minimum atomic E-state index is -4.78. The zero-order valence-corrected chi connectivity index (χ0v) is 11.1. The molecule has 0 bridgehead atoms. The predicted octanol–water partition coefficient (Wildman–Crippen LogP) is 4.46. The lowest BCUT2D eigenvalue weighted by atomic mass is 9.96. The summed E-state index contributed by atoms with van der Waals surface area (Å²) < 4.78 is 73.9. The van der Waals surface area contributed by atoms with Crippen molar-refractivity contribution >= 4 is 0 Å². The molecule has 0 unspecified atom stereocenters. The highest BCUT2D eigenvalue weighted by Gasteiger charge is 2.74. The van der Waals surface area contributed by atoms with Crippen LogP contribution < -0.4 is 4.74 Å². The Morgan fingerprint density at radius 3 is 2.38 bits per heavy atom. The normalized spacial score (nSPS) is 19.1. The molecule has 0 saturated heterocycles. The van der Waals surface area contributed by atoms with E-state index in [9.17, 15) is 22.0 Å². The van der Waals surface area contributed by atoms with Gasteiger partial charge in [0, 0.05) is 0 Å². The molecule has 2 nitrogen and oxygen atoms in total. The summed E-state index contributed by atoms with van der Waals surface area (Å²) in [6.45, 7) is 1.95. The molecule has 0 N–H and O–H groups in total. The number of ether oxygens (including phenoxy) is 2. The first-order chi connectivity index (χ1) is 9.80. The van der Waals surface area contributed by atoms with E-state index in [0.29, 0.717) is 17.9 Å². The van der Waals surface area contributed by atoms with E-state index in [4.69, 9.17) is 4.74 Å². The molecular weight excluding hydrogens is 295 g/mol. The molecule has 0 amide bonds. The number of rotatable bonds is 6. The van der Waals surface area contributed by atoms with Crippen molar-refractivity contribution in [2.24, 2.45) is 0 Å². The molecule has 116 valence electrons. The molecule has 2 rings (SSSR count). The Morgan fingerprint density at radius 2 is 1.76 bits per heavy atom. The fourth-order valence-corrected chi connectivity index (χ4v) is 1.75. The zero-order valence-electron chi connectivity index (χ0n) is 11.1. The molecule has 0 aromatic heterocycles. The van der Waals surface area contributed by atoms with E-state index < -0.39 is 30.0 Å². The van der Waals surface area contributed by atoms with E-state index in [1.807, 2.05) is 6.92 Å². The van der Waals surface area contributed by atoms with E-state index in [2.05, 4.69) is 4.74 Å². The summed E-state index contributed by atoms with van der Waals surface area (Å²) in [5.74, 6) is -12.7. The second-order valence-corrected chi connectivity index (χ2v) is 4.58. The highest BCUT2D eigenvalue weighted by molar-refractivity contribution is 5.36. The van der Waals surface area contributed by atoms with Crippen molar-refractivity contribution in [1.82, 2.24) is 0 Å². The van der Waals surface area contributed by atoms with Crippen LogP contribution in [0.2, 0.25) is 0 Å². The number of hydrogen-bond donors (Lipinski definition) is 0. The van der Waals surface area contributed by atoms with Crippen LogP contribution in [0, 0.1) is 0 Å². The minimum Gasteiger partial charge on any atom is -0.494 e. The molecule has 0 radical (unpaired) electrons. The third-order valence-electron chi connectivity index (χ3n) is 2.91. The van der Waals surface area contributed by atoms with Crippen LogP contribution in [0.3, 0.4) is 0 Å². The van der Waals surface area contributed by atoms with Gasteiger partial charge in [0.15, 0.2) is 0 Å². The van der Waals surface area contributed by atoms with E-state index in [-0.39, 0.29) is 0 Å². The van der Waals surface area contributed by atoms with Crippen LogP contribution in [-0.4, -0.2) is 18.5 Å². The van der Waals surface area contributed by atoms with Crippen LogP contribution in [-0.2, 0) is 11.3 Å². The second-order valence-electron chi connectivity index (χ2n) is 4.58. The minimum absolute atomic E-state index is 0.412. The maximum absolute atomic E-state index is 13.0. The number of benzene rings is 1. The summed E-state index contributed by atoms with van der Waals surface area (Å²) in [5, 5.41) is 0. The molecule has 0 spiro atoms. The van der Waals surface area contributed by atoms with Crippen LogP contribution in [0.4, 0.5) is 22.0 Å². The van der Waals surface area contributed by atoms with E-state index >= 15 is 0 Å². The van der Waals surface area contributed by atoms with Crippen molar-refractivity contribution < 1.29 is 31.4 Å². The van der Waals surface area contributed by atoms with Crippen molar-refractivity contribution in [3.8, 4) is 5.75 Å². The standard InChI is InChI=1S/C14H13F5O2/c1-2-6-20-10-5-3-4-9(7-10)8-21-12-11(15)13(16,17)14(12,18)19/h3-5,7H,2,6,8H2,1H3. The van der Waals surface area contributed by atoms with Gasteiger partial charge in [-0.3, -0.25) is 0 Å². The lowest BCUT2D eigenvalue weighted by Gasteiger charge is -2.35. The summed E-state index contributed by atoms with van der Waals surface area (Å²) in [6, 6.07) is 6.31. The summed E-state index contributed by atoms with van der Waals surface area (Å²) in [6.07, 6.45) is 0.792. The summed E-state index contributed by atoms with van der Waals surface area (Å²) in [4.78, 5) is 0. The van der Waals surface area contributed by atoms with Crippen LogP contribution in [0.15, 0.2) is 35.9 Å². The Bertz CT molecular complexity index is 554. The Hall–Kier alpha value is -1.79. The lowest BCUT2D eigenvalue weighted by Crippen LogP contribution is -2.53. The maximum atomic E-state index is 13.0. The zero-order chi connectivity index (χ0) is 15.7. The van der Waals surface area contributed by atoms with Crippen molar-refractivity contribution in [3.63, 3.8) is 0 Å². The third kappa shape index (κ3) is 2.69. The van der Waals surface area contributed by atoms with Gasteiger partial charge in [-0.1, -0.05) is 19.1 Å². The van der Waals surface area contributed by atoms with Crippen molar-refractivity contribution in [1.29, 1.82) is 0 Å². The third-order valence-corrected chi connectivity index (χ3v) is 2.91. The van der Waals surface area contributed by atoms with Crippen LogP contribution in [0.5, 0.6) is 5.75 Å². The maximum Gasteiger partial charge on any atom is 0.375 e. The Morgan fingerprint density at radius 1 is 1.05 bits per heavy atom. The van der Waals surface area contributed by atoms with Gasteiger partial charge in [0.25, 0.3) is 0 Å². The fraction of sp³-hybridized carbons (Fsp3) is 0.429. The molecule has 0 aliphatic heterocycles. The Labute approximate surface area is 118 Å². The highest BCUT2D eigenvalue weighted by atomic mass is 19.3. The van der Waals surface area contributed by atoms with Gasteiger partial charge >= 0.3 is 11.8 Å². The van der Waals surface area contributed by atoms with E-state index in [0.717, 1.165) is 6.42 Å². The monoisotopic (exact) mass is 308 g/mol. The number of alkyl halides is 4. The number of halogens is 5. The van der Waals surface area contributed by atoms with Crippen LogP contribution in [0.1, 0.15) is 18.9 Å². The molecular formula is C14H13F5O2. The van der Waals surface area contributed by atoms with Gasteiger partial charge in [-0.15, -0.1) is 0 Å². The van der Waals surface area contributed by atoms with Crippen molar-refractivity contribution in [2.75, 3.05) is 6.61 Å². The molecule has 0 heterocycles. The molecule has 0 saturated carbocycles. The molecule has 0 atom stereocenters. The first-order valence-electron chi connectivity index (χ1n) is 6.31. The number of hydrogen-bond acceptors (Lipinski definition) is 2. The highest BCUT2D eigenvalue weighted by Crippen LogP contribution is 2.56. The van der Waals surface area contributed by atoms with Gasteiger partial charge in [0.05, 0.1) is 6.61 Å². The molecule has 1 aliphatic carbocycles. The Kier molecular flexibility index (Phi) is 4.11. The summed E-state index contributed by atoms with van der Waals surface area (Å²) >= 11 is 0. The second kappa shape index (κ2) is 5.54. The summed E-state index contributed by atoms with van der Waals surface area (Å²) in [7, 11) is 0. The van der Waals surface area contributed by atoms with Gasteiger partial charge in [-0.05, 0) is 24.1 Å². The Balaban J connectivity index is 2.03. The van der Waals surface area contributed by atoms with Crippen molar-refractivity contribution in [3.05, 3.63) is 41.4 Å². The van der Waals surface area contributed by atoms with E-state index in [1.54, 1.807) is 12.1 Å². The lowest BCUT2D eigenvalue weighted by molar-refractivity contribution is -0.233. The largest absolute Gasteiger partial charge is 0.494 e. The van der Waals surface area contributed by atoms with Crippen molar-refractivity contribution in [2.45, 2.75) is 31.8 Å². The molecule has 1 aromatic carbocycles. The SMILES string of the molecule is CCCOc1cccc(COC2=C(F)C(F)(F)C2(F)F)c1. The topological polar surface area (TPSA) is 18.5 Å². The van der Waals surface area contributed by atoms with Gasteiger partial charge in [0.1, 0.15) is 12.4 Å². The molecule has 1 aliphatic rings. The first kappa shape index (κ1) is 15.6. The predicted molar refractivity (Wildman–Crippen MR) is 65.0 cm³/mol. The fourth-order valence-electron chi connectivity index (χ4n) is 1.75. The molecule has 1 aromatic rings. The smallest absolute Gasteiger partial charge is 0.375 e. The number of allylic oxidation sites excluding steroid dienone is 2. The quantitative estimate of drug-likeness (QED) is 0.723. The van der Waals surface area contributed by atoms with Gasteiger partial charge in [-0.2, -0.15) is 17.6 Å². The van der Waals surface area contributed by atoms with Gasteiger partial charge in [0.2, 0.25) is 11.6 Å². The average molecular weight is 308 g/mol. The molecule has 0 fully saturated rings.